The summed E-state index contributed by atoms with van der Waals surface area (Å²) >= 11 is 0. The van der Waals surface area contributed by atoms with Gasteiger partial charge in [-0.05, 0) is 54.7 Å². The highest BCUT2D eigenvalue weighted by molar-refractivity contribution is 6.43. The maximum atomic E-state index is 12.3. The molecule has 2 amide bonds. The Kier molecular flexibility index (Phi) is 5.58. The quantitative estimate of drug-likeness (QED) is 0.595. The summed E-state index contributed by atoms with van der Waals surface area (Å²) in [5.41, 5.74) is 3.88. The number of rotatable bonds is 4. The van der Waals surface area contributed by atoms with Crippen LogP contribution in [0.1, 0.15) is 30.5 Å². The number of carbonyl (C=O) groups is 2. The van der Waals surface area contributed by atoms with Crippen molar-refractivity contribution >= 4 is 23.2 Å². The molecule has 0 radical (unpaired) electrons. The van der Waals surface area contributed by atoms with Gasteiger partial charge in [0.25, 0.3) is 0 Å². The zero-order valence-electron chi connectivity index (χ0n) is 14.1. The summed E-state index contributed by atoms with van der Waals surface area (Å²) in [6.45, 7) is 5.75. The first-order valence-electron chi connectivity index (χ1n) is 7.99. The van der Waals surface area contributed by atoms with E-state index in [9.17, 15) is 14.7 Å². The topological polar surface area (TPSA) is 78.4 Å². The fourth-order valence-electron chi connectivity index (χ4n) is 2.54. The fourth-order valence-corrected chi connectivity index (χ4v) is 2.54. The average Bonchev–Trinajstić information content (AvgIpc) is 2.57. The molecule has 5 nitrogen and oxygen atoms in total. The first-order chi connectivity index (χ1) is 11.5. The Labute approximate surface area is 141 Å². The summed E-state index contributed by atoms with van der Waals surface area (Å²) in [5.74, 6) is -1.34. The van der Waals surface area contributed by atoms with Gasteiger partial charge < -0.3 is 15.7 Å². The van der Waals surface area contributed by atoms with E-state index in [0.29, 0.717) is 16.9 Å². The molecule has 2 aromatic rings. The van der Waals surface area contributed by atoms with Gasteiger partial charge in [0.1, 0.15) is 5.75 Å². The van der Waals surface area contributed by atoms with Gasteiger partial charge in [-0.25, -0.2) is 0 Å². The number of benzene rings is 2. The van der Waals surface area contributed by atoms with E-state index in [1.807, 2.05) is 32.0 Å². The number of para-hydroxylation sites is 1. The summed E-state index contributed by atoms with van der Waals surface area (Å²) < 4.78 is 0. The van der Waals surface area contributed by atoms with Crippen molar-refractivity contribution in [3.63, 3.8) is 0 Å². The van der Waals surface area contributed by atoms with Crippen molar-refractivity contribution in [1.29, 1.82) is 0 Å². The fraction of sp³-hybridized carbons (Fsp3) is 0.263. The second-order valence-corrected chi connectivity index (χ2v) is 5.57. The van der Waals surface area contributed by atoms with Crippen LogP contribution in [0.3, 0.4) is 0 Å². The highest BCUT2D eigenvalue weighted by atomic mass is 16.3. The Hall–Kier alpha value is -2.82. The summed E-state index contributed by atoms with van der Waals surface area (Å²) in [6.07, 6.45) is 1.53. The van der Waals surface area contributed by atoms with Crippen LogP contribution in [0.4, 0.5) is 11.4 Å². The second kappa shape index (κ2) is 7.64. The Morgan fingerprint density at radius 2 is 1.54 bits per heavy atom. The molecular weight excluding hydrogens is 304 g/mol. The lowest BCUT2D eigenvalue weighted by atomic mass is 10.0. The van der Waals surface area contributed by atoms with Gasteiger partial charge in [0.2, 0.25) is 0 Å². The van der Waals surface area contributed by atoms with Gasteiger partial charge >= 0.3 is 11.8 Å². The Balaban J connectivity index is 2.16. The maximum absolute atomic E-state index is 12.3. The van der Waals surface area contributed by atoms with Crippen LogP contribution in [0, 0.1) is 6.92 Å². The zero-order chi connectivity index (χ0) is 17.7. The standard InChI is InChI=1S/C19H22N2O3/c1-4-13-7-6-8-14(5-2)17(13)21-19(24)18(23)20-16-10-9-15(22)11-12(16)3/h6-11,22H,4-5H2,1-3H3,(H,20,23)(H,21,24). The maximum Gasteiger partial charge on any atom is 0.314 e. The van der Waals surface area contributed by atoms with Crippen molar-refractivity contribution in [3.05, 3.63) is 53.1 Å². The number of aromatic hydroxyl groups is 1. The average molecular weight is 326 g/mol. The van der Waals surface area contributed by atoms with Gasteiger partial charge in [0.15, 0.2) is 0 Å². The van der Waals surface area contributed by atoms with Gasteiger partial charge in [-0.3, -0.25) is 9.59 Å². The second-order valence-electron chi connectivity index (χ2n) is 5.57. The van der Waals surface area contributed by atoms with Gasteiger partial charge in [-0.2, -0.15) is 0 Å². The number of phenols is 1. The molecule has 0 saturated carbocycles. The van der Waals surface area contributed by atoms with Crippen LogP contribution in [-0.4, -0.2) is 16.9 Å². The number of aryl methyl sites for hydroxylation is 3. The van der Waals surface area contributed by atoms with Crippen molar-refractivity contribution in [2.45, 2.75) is 33.6 Å². The minimum absolute atomic E-state index is 0.111. The first kappa shape index (κ1) is 17.5. The van der Waals surface area contributed by atoms with E-state index in [-0.39, 0.29) is 5.75 Å². The molecule has 0 aliphatic rings. The van der Waals surface area contributed by atoms with Crippen LogP contribution in [0.2, 0.25) is 0 Å². The van der Waals surface area contributed by atoms with Crippen molar-refractivity contribution in [3.8, 4) is 5.75 Å². The van der Waals surface area contributed by atoms with Crippen molar-refractivity contribution < 1.29 is 14.7 Å². The molecule has 2 aromatic carbocycles. The highest BCUT2D eigenvalue weighted by Gasteiger charge is 2.17. The molecule has 0 aliphatic heterocycles. The Morgan fingerprint density at radius 3 is 2.08 bits per heavy atom. The number of anilines is 2. The summed E-state index contributed by atoms with van der Waals surface area (Å²) in [5, 5.41) is 14.7. The van der Waals surface area contributed by atoms with E-state index in [2.05, 4.69) is 10.6 Å². The van der Waals surface area contributed by atoms with E-state index in [1.54, 1.807) is 13.0 Å². The van der Waals surface area contributed by atoms with E-state index >= 15 is 0 Å². The lowest BCUT2D eigenvalue weighted by molar-refractivity contribution is -0.133. The SMILES string of the molecule is CCc1cccc(CC)c1NC(=O)C(=O)Nc1ccc(O)cc1C. The molecule has 3 N–H and O–H groups in total. The third-order valence-corrected chi connectivity index (χ3v) is 3.90. The predicted molar refractivity (Wildman–Crippen MR) is 95.3 cm³/mol. The molecule has 2 rings (SSSR count). The molecule has 0 aromatic heterocycles. The monoisotopic (exact) mass is 326 g/mol. The number of phenolic OH excluding ortho intramolecular Hbond substituents is 1. The van der Waals surface area contributed by atoms with Crippen LogP contribution >= 0.6 is 0 Å². The highest BCUT2D eigenvalue weighted by Crippen LogP contribution is 2.23. The molecule has 0 spiro atoms. The van der Waals surface area contributed by atoms with E-state index in [4.69, 9.17) is 0 Å². The molecule has 0 heterocycles. The van der Waals surface area contributed by atoms with Crippen LogP contribution in [0.15, 0.2) is 36.4 Å². The number of amides is 2. The first-order valence-corrected chi connectivity index (χ1v) is 7.99. The normalized spacial score (nSPS) is 10.3. The lowest BCUT2D eigenvalue weighted by Gasteiger charge is -2.14. The molecule has 0 unspecified atom stereocenters. The molecule has 0 saturated heterocycles. The number of hydrogen-bond donors (Lipinski definition) is 3. The van der Waals surface area contributed by atoms with Gasteiger partial charge in [0, 0.05) is 11.4 Å². The minimum Gasteiger partial charge on any atom is -0.508 e. The number of hydrogen-bond acceptors (Lipinski definition) is 3. The molecule has 0 bridgehead atoms. The molecule has 126 valence electrons. The number of nitrogens with one attached hydrogen (secondary N) is 2. The van der Waals surface area contributed by atoms with Crippen LogP contribution in [-0.2, 0) is 22.4 Å². The third kappa shape index (κ3) is 3.93. The summed E-state index contributed by atoms with van der Waals surface area (Å²) in [6, 6.07) is 10.4. The minimum atomic E-state index is -0.739. The van der Waals surface area contributed by atoms with Crippen molar-refractivity contribution in [2.75, 3.05) is 10.6 Å². The third-order valence-electron chi connectivity index (χ3n) is 3.90. The Morgan fingerprint density at radius 1 is 0.958 bits per heavy atom. The number of carbonyl (C=O) groups excluding carboxylic acids is 2. The summed E-state index contributed by atoms with van der Waals surface area (Å²) in [7, 11) is 0. The molecule has 0 atom stereocenters. The largest absolute Gasteiger partial charge is 0.508 e. The Bertz CT molecular complexity index is 747. The molecule has 24 heavy (non-hydrogen) atoms. The van der Waals surface area contributed by atoms with Crippen molar-refractivity contribution in [1.82, 2.24) is 0 Å². The summed E-state index contributed by atoms with van der Waals surface area (Å²) in [4.78, 5) is 24.4. The molecule has 0 aliphatic carbocycles. The van der Waals surface area contributed by atoms with E-state index in [0.717, 1.165) is 24.0 Å². The van der Waals surface area contributed by atoms with Gasteiger partial charge in [0.05, 0.1) is 0 Å². The predicted octanol–water partition coefficient (Wildman–Crippen LogP) is 3.40. The smallest absolute Gasteiger partial charge is 0.314 e. The van der Waals surface area contributed by atoms with Crippen LogP contribution < -0.4 is 10.6 Å². The van der Waals surface area contributed by atoms with Crippen molar-refractivity contribution in [2.24, 2.45) is 0 Å². The van der Waals surface area contributed by atoms with E-state index in [1.165, 1.54) is 12.1 Å². The zero-order valence-corrected chi connectivity index (χ0v) is 14.1. The van der Waals surface area contributed by atoms with Gasteiger partial charge in [-0.1, -0.05) is 32.0 Å². The molecular formula is C19H22N2O3. The van der Waals surface area contributed by atoms with Gasteiger partial charge in [-0.15, -0.1) is 0 Å². The lowest BCUT2D eigenvalue weighted by Crippen LogP contribution is -2.30. The van der Waals surface area contributed by atoms with E-state index < -0.39 is 11.8 Å². The molecule has 5 heteroatoms. The van der Waals surface area contributed by atoms with Crippen LogP contribution in [0.25, 0.3) is 0 Å². The van der Waals surface area contributed by atoms with Crippen LogP contribution in [0.5, 0.6) is 5.75 Å². The molecule has 0 fully saturated rings.